The van der Waals surface area contributed by atoms with E-state index in [0.717, 1.165) is 35.3 Å². The van der Waals surface area contributed by atoms with E-state index in [1.54, 1.807) is 6.33 Å². The Morgan fingerprint density at radius 1 is 1.44 bits per heavy atom. The molecule has 0 bridgehead atoms. The molecule has 1 atom stereocenters. The number of H-pyrrole nitrogens is 1. The van der Waals surface area contributed by atoms with Gasteiger partial charge in [-0.2, -0.15) is 9.57 Å². The topological polar surface area (TPSA) is 106 Å². The lowest BCUT2D eigenvalue weighted by atomic mass is 9.81. The average Bonchev–Trinajstić information content (AvgIpc) is 2.98. The summed E-state index contributed by atoms with van der Waals surface area (Å²) in [6.45, 7) is 0.683. The molecule has 0 spiro atoms. The molecule has 8 nitrogen and oxygen atoms in total. The number of aromatic nitrogens is 3. The molecule has 1 N–H and O–H groups in total. The zero-order chi connectivity index (χ0) is 18.8. The minimum atomic E-state index is -3.32. The highest BCUT2D eigenvalue weighted by Crippen LogP contribution is 2.50. The molecular formula is C18H20N6O2S. The molecule has 1 saturated heterocycles. The van der Waals surface area contributed by atoms with Crippen molar-refractivity contribution in [1.82, 2.24) is 19.3 Å². The van der Waals surface area contributed by atoms with Crippen molar-refractivity contribution in [3.8, 4) is 6.07 Å². The van der Waals surface area contributed by atoms with Crippen LogP contribution in [-0.4, -0.2) is 59.6 Å². The van der Waals surface area contributed by atoms with Crippen LogP contribution in [0.5, 0.6) is 0 Å². The van der Waals surface area contributed by atoms with Gasteiger partial charge in [0.2, 0.25) is 10.0 Å². The number of hydrogen-bond acceptors (Lipinski definition) is 6. The summed E-state index contributed by atoms with van der Waals surface area (Å²) in [5, 5.41) is 10.2. The average molecular weight is 384 g/mol. The summed E-state index contributed by atoms with van der Waals surface area (Å²) in [6.07, 6.45) is 6.93. The maximum Gasteiger partial charge on any atom is 0.214 e. The summed E-state index contributed by atoms with van der Waals surface area (Å²) >= 11 is 0. The first-order valence-electron chi connectivity index (χ1n) is 9.04. The number of rotatable bonds is 5. The molecule has 2 aliphatic carbocycles. The number of sulfonamides is 1. The lowest BCUT2D eigenvalue weighted by Gasteiger charge is -2.42. The van der Waals surface area contributed by atoms with Crippen molar-refractivity contribution in [1.29, 1.82) is 5.26 Å². The molecule has 0 aromatic carbocycles. The van der Waals surface area contributed by atoms with Crippen molar-refractivity contribution >= 4 is 26.9 Å². The van der Waals surface area contributed by atoms with Crippen molar-refractivity contribution in [3.63, 3.8) is 0 Å². The fraction of sp³-hybridized carbons (Fsp3) is 0.500. The minimum Gasteiger partial charge on any atom is -0.356 e. The highest BCUT2D eigenvalue weighted by Gasteiger charge is 2.54. The van der Waals surface area contributed by atoms with Gasteiger partial charge in [-0.1, -0.05) is 6.08 Å². The summed E-state index contributed by atoms with van der Waals surface area (Å²) in [5.41, 5.74) is 1.17. The second kappa shape index (κ2) is 5.53. The third-order valence-electron chi connectivity index (χ3n) is 6.15. The van der Waals surface area contributed by atoms with Crippen molar-refractivity contribution in [3.05, 3.63) is 30.2 Å². The molecule has 9 heteroatoms. The predicted octanol–water partition coefficient (Wildman–Crippen LogP) is 1.27. The molecule has 0 unspecified atom stereocenters. The minimum absolute atomic E-state index is 0.148. The smallest absolute Gasteiger partial charge is 0.214 e. The molecule has 27 heavy (non-hydrogen) atoms. The summed E-state index contributed by atoms with van der Waals surface area (Å²) < 4.78 is 26.9. The maximum atomic E-state index is 12.7. The normalized spacial score (nSPS) is 29.7. The molecule has 1 aliphatic heterocycles. The number of nitrogens with zero attached hydrogens (tertiary/aromatic N) is 5. The highest BCUT2D eigenvalue weighted by molar-refractivity contribution is 7.89. The van der Waals surface area contributed by atoms with Gasteiger partial charge in [-0.15, -0.1) is 0 Å². The first-order chi connectivity index (χ1) is 12.9. The highest BCUT2D eigenvalue weighted by atomic mass is 32.2. The van der Waals surface area contributed by atoms with E-state index in [0.29, 0.717) is 13.1 Å². The van der Waals surface area contributed by atoms with Crippen LogP contribution >= 0.6 is 0 Å². The molecule has 140 valence electrons. The fourth-order valence-electron chi connectivity index (χ4n) is 4.32. The van der Waals surface area contributed by atoms with E-state index in [1.807, 2.05) is 25.4 Å². The molecule has 2 fully saturated rings. The van der Waals surface area contributed by atoms with Crippen molar-refractivity contribution in [2.24, 2.45) is 11.3 Å². The predicted molar refractivity (Wildman–Crippen MR) is 100 cm³/mol. The van der Waals surface area contributed by atoms with Gasteiger partial charge < -0.3 is 9.88 Å². The first kappa shape index (κ1) is 16.7. The Labute approximate surface area is 157 Å². The van der Waals surface area contributed by atoms with Crippen molar-refractivity contribution in [2.75, 3.05) is 30.8 Å². The number of fused-ring (bicyclic) bond motifs is 2. The van der Waals surface area contributed by atoms with E-state index in [9.17, 15) is 13.7 Å². The van der Waals surface area contributed by atoms with Gasteiger partial charge in [0, 0.05) is 32.4 Å². The van der Waals surface area contributed by atoms with Gasteiger partial charge in [-0.3, -0.25) is 0 Å². The van der Waals surface area contributed by atoms with Gasteiger partial charge in [-0.05, 0) is 30.4 Å². The Bertz CT molecular complexity index is 1090. The van der Waals surface area contributed by atoms with E-state index >= 15 is 0 Å². The third-order valence-corrected chi connectivity index (χ3v) is 8.09. The first-order valence-corrected chi connectivity index (χ1v) is 10.6. The number of nitriles is 1. The molecule has 3 heterocycles. The van der Waals surface area contributed by atoms with Gasteiger partial charge in [0.05, 0.1) is 17.2 Å². The van der Waals surface area contributed by atoms with E-state index in [-0.39, 0.29) is 17.7 Å². The zero-order valence-corrected chi connectivity index (χ0v) is 15.8. The van der Waals surface area contributed by atoms with Crippen LogP contribution in [-0.2, 0) is 10.0 Å². The Morgan fingerprint density at radius 2 is 2.26 bits per heavy atom. The summed E-state index contributed by atoms with van der Waals surface area (Å²) in [6, 6.07) is 4.47. The summed E-state index contributed by atoms with van der Waals surface area (Å²) in [7, 11) is -1.32. The van der Waals surface area contributed by atoms with Crippen LogP contribution in [0, 0.1) is 22.7 Å². The molecule has 2 aromatic heterocycles. The SMILES string of the molecule is CN(c1ncnc2[nH]ccc12)C1CC(CS(=O)(=O)N2CC3=C[C@]3(C#N)C2)C1. The quantitative estimate of drug-likeness (QED) is 0.778. The molecule has 2 aromatic rings. The Morgan fingerprint density at radius 3 is 3.00 bits per heavy atom. The van der Waals surface area contributed by atoms with Gasteiger partial charge in [0.25, 0.3) is 0 Å². The number of anilines is 1. The van der Waals surface area contributed by atoms with E-state index in [1.165, 1.54) is 4.31 Å². The lowest BCUT2D eigenvalue weighted by molar-refractivity contribution is 0.278. The van der Waals surface area contributed by atoms with Crippen LogP contribution in [0.15, 0.2) is 30.2 Å². The summed E-state index contributed by atoms with van der Waals surface area (Å²) in [5.74, 6) is 1.18. The largest absolute Gasteiger partial charge is 0.356 e. The molecule has 5 rings (SSSR count). The molecule has 1 saturated carbocycles. The molecule has 0 amide bonds. The monoisotopic (exact) mass is 384 g/mol. The standard InChI is InChI=1S/C18H20N6O2S/c1-23(17-15-2-3-20-16(15)21-11-22-17)14-4-12(5-14)8-27(25,26)24-7-13-6-18(13,9-19)10-24/h2-3,6,11-12,14H,4-5,7-8,10H2,1H3,(H,20,21,22)/t12?,14?,18-/m0/s1. The van der Waals surface area contributed by atoms with Gasteiger partial charge in [0.15, 0.2) is 0 Å². The van der Waals surface area contributed by atoms with Crippen molar-refractivity contribution < 1.29 is 8.42 Å². The Kier molecular flexibility index (Phi) is 3.42. The molecular weight excluding hydrogens is 364 g/mol. The number of nitrogens with one attached hydrogen (secondary N) is 1. The maximum absolute atomic E-state index is 12.7. The van der Waals surface area contributed by atoms with Crippen LogP contribution in [0.1, 0.15) is 12.8 Å². The van der Waals surface area contributed by atoms with Crippen LogP contribution in [0.25, 0.3) is 11.0 Å². The second-order valence-corrected chi connectivity index (χ2v) is 9.85. The van der Waals surface area contributed by atoms with Gasteiger partial charge in [-0.25, -0.2) is 18.4 Å². The van der Waals surface area contributed by atoms with E-state index in [4.69, 9.17) is 0 Å². The van der Waals surface area contributed by atoms with E-state index < -0.39 is 15.4 Å². The number of aromatic amines is 1. The third kappa shape index (κ3) is 2.55. The zero-order valence-electron chi connectivity index (χ0n) is 15.0. The van der Waals surface area contributed by atoms with E-state index in [2.05, 4.69) is 25.9 Å². The second-order valence-electron chi connectivity index (χ2n) is 7.84. The van der Waals surface area contributed by atoms with Crippen LogP contribution in [0.3, 0.4) is 0 Å². The van der Waals surface area contributed by atoms with Crippen LogP contribution in [0.4, 0.5) is 5.82 Å². The van der Waals surface area contributed by atoms with Gasteiger partial charge >= 0.3 is 0 Å². The molecule has 0 radical (unpaired) electrons. The molecule has 3 aliphatic rings. The van der Waals surface area contributed by atoms with Crippen LogP contribution in [0.2, 0.25) is 0 Å². The van der Waals surface area contributed by atoms with Crippen molar-refractivity contribution in [2.45, 2.75) is 18.9 Å². The Hall–Kier alpha value is -2.44. The number of hydrogen-bond donors (Lipinski definition) is 1. The Balaban J connectivity index is 1.22. The summed E-state index contributed by atoms with van der Waals surface area (Å²) in [4.78, 5) is 13.8. The van der Waals surface area contributed by atoms with Crippen LogP contribution < -0.4 is 4.90 Å². The lowest BCUT2D eigenvalue weighted by Crippen LogP contribution is -2.47. The fourth-order valence-corrected chi connectivity index (χ4v) is 6.14. The van der Waals surface area contributed by atoms with Gasteiger partial charge in [0.1, 0.15) is 23.2 Å².